The summed E-state index contributed by atoms with van der Waals surface area (Å²) in [6.07, 6.45) is 2.77. The summed E-state index contributed by atoms with van der Waals surface area (Å²) in [4.78, 5) is 0. The summed E-state index contributed by atoms with van der Waals surface area (Å²) >= 11 is 0. The van der Waals surface area contributed by atoms with E-state index < -0.39 is 0 Å². The Balaban J connectivity index is 2.12. The van der Waals surface area contributed by atoms with Gasteiger partial charge in [-0.2, -0.15) is 0 Å². The zero-order valence-electron chi connectivity index (χ0n) is 7.38. The van der Waals surface area contributed by atoms with Crippen LogP contribution in [0.1, 0.15) is 24.0 Å². The molecule has 0 aromatic heterocycles. The van der Waals surface area contributed by atoms with Crippen molar-refractivity contribution in [2.45, 2.75) is 31.8 Å². The molecule has 1 N–H and O–H groups in total. The zero-order valence-corrected chi connectivity index (χ0v) is 7.38. The molecule has 1 aliphatic rings. The Morgan fingerprint density at radius 3 is 2.75 bits per heavy atom. The van der Waals surface area contributed by atoms with Crippen molar-refractivity contribution >= 4 is 0 Å². The maximum atomic E-state index is 9.67. The molecule has 0 unspecified atom stereocenters. The molecule has 12 heavy (non-hydrogen) atoms. The molecule has 0 atom stereocenters. The summed E-state index contributed by atoms with van der Waals surface area (Å²) in [5.74, 6) is 0. The van der Waals surface area contributed by atoms with Gasteiger partial charge < -0.3 is 5.11 Å². The monoisotopic (exact) mass is 162 g/mol. The highest BCUT2D eigenvalue weighted by Gasteiger charge is 2.39. The van der Waals surface area contributed by atoms with Gasteiger partial charge in [0.1, 0.15) is 0 Å². The van der Waals surface area contributed by atoms with E-state index in [9.17, 15) is 5.11 Å². The Hall–Kier alpha value is -0.820. The molecule has 64 valence electrons. The number of hydrogen-bond donors (Lipinski definition) is 1. The van der Waals surface area contributed by atoms with Gasteiger partial charge in [0.05, 0.1) is 5.60 Å². The average Bonchev–Trinajstić information content (AvgIpc) is 2.67. The number of benzene rings is 1. The van der Waals surface area contributed by atoms with Crippen LogP contribution in [0.25, 0.3) is 0 Å². The lowest BCUT2D eigenvalue weighted by molar-refractivity contribution is 0.151. The third-order valence-corrected chi connectivity index (χ3v) is 2.44. The van der Waals surface area contributed by atoms with Gasteiger partial charge in [0.2, 0.25) is 0 Å². The Morgan fingerprint density at radius 2 is 2.17 bits per heavy atom. The topological polar surface area (TPSA) is 20.2 Å². The molecular formula is C11H14O. The van der Waals surface area contributed by atoms with E-state index in [2.05, 4.69) is 31.2 Å². The maximum Gasteiger partial charge on any atom is 0.0690 e. The lowest BCUT2D eigenvalue weighted by Gasteiger charge is -2.07. The van der Waals surface area contributed by atoms with Crippen LogP contribution in [0, 0.1) is 6.92 Å². The van der Waals surface area contributed by atoms with Crippen molar-refractivity contribution in [3.8, 4) is 0 Å². The van der Waals surface area contributed by atoms with Crippen molar-refractivity contribution in [3.05, 3.63) is 35.4 Å². The second-order valence-corrected chi connectivity index (χ2v) is 3.89. The van der Waals surface area contributed by atoms with Crippen LogP contribution in [0.15, 0.2) is 24.3 Å². The highest BCUT2D eigenvalue weighted by molar-refractivity contribution is 5.24. The van der Waals surface area contributed by atoms with Gasteiger partial charge in [-0.05, 0) is 25.3 Å². The fourth-order valence-electron chi connectivity index (χ4n) is 1.52. The minimum atomic E-state index is -0.353. The van der Waals surface area contributed by atoms with E-state index in [-0.39, 0.29) is 5.60 Å². The molecule has 1 aromatic rings. The number of rotatable bonds is 2. The SMILES string of the molecule is Cc1cccc(CC2(O)CC2)c1. The molecule has 0 amide bonds. The highest BCUT2D eigenvalue weighted by atomic mass is 16.3. The first kappa shape index (κ1) is 7.81. The molecule has 1 nitrogen and oxygen atoms in total. The summed E-state index contributed by atoms with van der Waals surface area (Å²) in [5, 5.41) is 9.67. The normalized spacial score (nSPS) is 19.2. The third kappa shape index (κ3) is 1.67. The molecule has 1 aliphatic carbocycles. The summed E-state index contributed by atoms with van der Waals surface area (Å²) in [6, 6.07) is 8.37. The predicted molar refractivity (Wildman–Crippen MR) is 49.1 cm³/mol. The number of aliphatic hydroxyl groups is 1. The molecular weight excluding hydrogens is 148 g/mol. The van der Waals surface area contributed by atoms with Crippen LogP contribution in [0.2, 0.25) is 0 Å². The molecule has 1 aromatic carbocycles. The first-order chi connectivity index (χ1) is 5.68. The third-order valence-electron chi connectivity index (χ3n) is 2.44. The number of hydrogen-bond acceptors (Lipinski definition) is 1. The molecule has 1 saturated carbocycles. The second-order valence-electron chi connectivity index (χ2n) is 3.89. The Labute approximate surface area is 73.0 Å². The van der Waals surface area contributed by atoms with Crippen LogP contribution in [0.5, 0.6) is 0 Å². The van der Waals surface area contributed by atoms with Crippen molar-refractivity contribution in [1.29, 1.82) is 0 Å². The van der Waals surface area contributed by atoms with Gasteiger partial charge in [-0.1, -0.05) is 29.8 Å². The largest absolute Gasteiger partial charge is 0.390 e. The van der Waals surface area contributed by atoms with E-state index in [1.54, 1.807) is 0 Å². The Bertz CT molecular complexity index is 287. The quantitative estimate of drug-likeness (QED) is 0.705. The first-order valence-electron chi connectivity index (χ1n) is 4.46. The van der Waals surface area contributed by atoms with Gasteiger partial charge in [-0.15, -0.1) is 0 Å². The van der Waals surface area contributed by atoms with Gasteiger partial charge in [0.15, 0.2) is 0 Å². The van der Waals surface area contributed by atoms with Crippen LogP contribution in [-0.4, -0.2) is 10.7 Å². The maximum absolute atomic E-state index is 9.67. The van der Waals surface area contributed by atoms with Crippen LogP contribution in [-0.2, 0) is 6.42 Å². The smallest absolute Gasteiger partial charge is 0.0690 e. The van der Waals surface area contributed by atoms with E-state index in [0.29, 0.717) is 0 Å². The summed E-state index contributed by atoms with van der Waals surface area (Å²) in [6.45, 7) is 2.08. The van der Waals surface area contributed by atoms with Gasteiger partial charge in [0.25, 0.3) is 0 Å². The van der Waals surface area contributed by atoms with Crippen LogP contribution < -0.4 is 0 Å². The van der Waals surface area contributed by atoms with Crippen LogP contribution in [0.4, 0.5) is 0 Å². The Morgan fingerprint density at radius 1 is 1.42 bits per heavy atom. The molecule has 0 radical (unpaired) electrons. The minimum absolute atomic E-state index is 0.353. The fourth-order valence-corrected chi connectivity index (χ4v) is 1.52. The minimum Gasteiger partial charge on any atom is -0.390 e. The van der Waals surface area contributed by atoms with Gasteiger partial charge >= 0.3 is 0 Å². The molecule has 0 heterocycles. The Kier molecular flexibility index (Phi) is 1.69. The van der Waals surface area contributed by atoms with E-state index in [4.69, 9.17) is 0 Å². The molecule has 0 bridgehead atoms. The molecule has 0 spiro atoms. The van der Waals surface area contributed by atoms with Crippen molar-refractivity contribution in [2.24, 2.45) is 0 Å². The molecule has 0 saturated heterocycles. The van der Waals surface area contributed by atoms with Crippen molar-refractivity contribution < 1.29 is 5.11 Å². The van der Waals surface area contributed by atoms with Crippen molar-refractivity contribution in [1.82, 2.24) is 0 Å². The van der Waals surface area contributed by atoms with Crippen LogP contribution in [0.3, 0.4) is 0 Å². The zero-order chi connectivity index (χ0) is 8.60. The summed E-state index contributed by atoms with van der Waals surface area (Å²) in [5.41, 5.74) is 2.18. The average molecular weight is 162 g/mol. The predicted octanol–water partition coefficient (Wildman–Crippen LogP) is 2.06. The number of aryl methyl sites for hydroxylation is 1. The van der Waals surface area contributed by atoms with Crippen molar-refractivity contribution in [2.75, 3.05) is 0 Å². The molecule has 1 heteroatoms. The summed E-state index contributed by atoms with van der Waals surface area (Å²) < 4.78 is 0. The van der Waals surface area contributed by atoms with Gasteiger partial charge in [-0.25, -0.2) is 0 Å². The van der Waals surface area contributed by atoms with E-state index in [1.807, 2.05) is 0 Å². The van der Waals surface area contributed by atoms with Gasteiger partial charge in [-0.3, -0.25) is 0 Å². The second kappa shape index (κ2) is 2.60. The van der Waals surface area contributed by atoms with E-state index in [1.165, 1.54) is 11.1 Å². The van der Waals surface area contributed by atoms with Crippen molar-refractivity contribution in [3.63, 3.8) is 0 Å². The molecule has 2 rings (SSSR count). The molecule has 0 aliphatic heterocycles. The highest BCUT2D eigenvalue weighted by Crippen LogP contribution is 2.38. The lowest BCUT2D eigenvalue weighted by Crippen LogP contribution is -2.10. The first-order valence-corrected chi connectivity index (χ1v) is 4.46. The van der Waals surface area contributed by atoms with E-state index >= 15 is 0 Å². The molecule has 1 fully saturated rings. The standard InChI is InChI=1S/C11H14O/c1-9-3-2-4-10(7-9)8-11(12)5-6-11/h2-4,7,12H,5-6,8H2,1H3. The summed E-state index contributed by atoms with van der Waals surface area (Å²) in [7, 11) is 0. The lowest BCUT2D eigenvalue weighted by atomic mass is 10.0. The van der Waals surface area contributed by atoms with Crippen LogP contribution >= 0.6 is 0 Å². The fraction of sp³-hybridized carbons (Fsp3) is 0.455. The van der Waals surface area contributed by atoms with E-state index in [0.717, 1.165) is 19.3 Å². The van der Waals surface area contributed by atoms with Gasteiger partial charge in [0, 0.05) is 6.42 Å².